The van der Waals surface area contributed by atoms with Crippen LogP contribution in [0.4, 0.5) is 0 Å². The molecule has 0 N–H and O–H groups in total. The Morgan fingerprint density at radius 1 is 1.44 bits per heavy atom. The molecule has 1 saturated carbocycles. The molecule has 2 nitrogen and oxygen atoms in total. The molecule has 100 valence electrons. The Balaban J connectivity index is 1.84. The van der Waals surface area contributed by atoms with Gasteiger partial charge in [0.1, 0.15) is 6.10 Å². The average Bonchev–Trinajstić information content (AvgIpc) is 2.92. The summed E-state index contributed by atoms with van der Waals surface area (Å²) in [5.41, 5.74) is 0. The van der Waals surface area contributed by atoms with Crippen LogP contribution in [0.5, 0.6) is 0 Å². The Morgan fingerprint density at radius 2 is 2.22 bits per heavy atom. The quantitative estimate of drug-likeness (QED) is 0.782. The topological polar surface area (TPSA) is 26.3 Å². The van der Waals surface area contributed by atoms with Gasteiger partial charge < -0.3 is 4.74 Å². The van der Waals surface area contributed by atoms with Gasteiger partial charge in [-0.1, -0.05) is 25.3 Å². The normalized spacial score (nSPS) is 18.7. The molecule has 0 radical (unpaired) electrons. The van der Waals surface area contributed by atoms with Crippen molar-refractivity contribution in [2.24, 2.45) is 5.92 Å². The van der Waals surface area contributed by atoms with E-state index in [1.165, 1.54) is 24.1 Å². The zero-order valence-electron chi connectivity index (χ0n) is 11.1. The standard InChI is InChI=1S/C15H22O2S/c1-17-15(12-6-3-2-4-7-12)14(16)10-9-13-8-5-11-18-13/h5,8,11-12,15H,2-4,6-7,9-10H2,1H3. The minimum Gasteiger partial charge on any atom is -0.373 e. The molecule has 0 saturated heterocycles. The van der Waals surface area contributed by atoms with Crippen LogP contribution in [0.25, 0.3) is 0 Å². The maximum Gasteiger partial charge on any atom is 0.162 e. The highest BCUT2D eigenvalue weighted by molar-refractivity contribution is 7.09. The highest BCUT2D eigenvalue weighted by atomic mass is 32.1. The van der Waals surface area contributed by atoms with Gasteiger partial charge in [0.25, 0.3) is 0 Å². The van der Waals surface area contributed by atoms with Crippen molar-refractivity contribution in [2.75, 3.05) is 7.11 Å². The molecule has 1 fully saturated rings. The molecule has 18 heavy (non-hydrogen) atoms. The second kappa shape index (κ2) is 7.05. The van der Waals surface area contributed by atoms with E-state index in [0.29, 0.717) is 12.3 Å². The van der Waals surface area contributed by atoms with Gasteiger partial charge in [0.05, 0.1) is 0 Å². The lowest BCUT2D eigenvalue weighted by Crippen LogP contribution is -2.33. The molecule has 1 aliphatic rings. The first-order valence-corrected chi connectivity index (χ1v) is 7.77. The maximum absolute atomic E-state index is 12.2. The Labute approximate surface area is 113 Å². The van der Waals surface area contributed by atoms with Crippen LogP contribution >= 0.6 is 11.3 Å². The summed E-state index contributed by atoms with van der Waals surface area (Å²) in [5, 5.41) is 2.06. The molecular weight excluding hydrogens is 244 g/mol. The minimum atomic E-state index is -0.162. The van der Waals surface area contributed by atoms with Crippen molar-refractivity contribution in [2.45, 2.75) is 51.0 Å². The number of Topliss-reactive ketones (excluding diaryl/α,β-unsaturated/α-hetero) is 1. The Kier molecular flexibility index (Phi) is 5.39. The fraction of sp³-hybridized carbons (Fsp3) is 0.667. The second-order valence-corrected chi connectivity index (χ2v) is 6.13. The van der Waals surface area contributed by atoms with E-state index < -0.39 is 0 Å². The van der Waals surface area contributed by atoms with Crippen molar-refractivity contribution in [3.8, 4) is 0 Å². The van der Waals surface area contributed by atoms with Gasteiger partial charge in [0.2, 0.25) is 0 Å². The molecule has 0 aromatic carbocycles. The molecular formula is C15H22O2S. The third kappa shape index (κ3) is 3.66. The first-order chi connectivity index (χ1) is 8.81. The summed E-state index contributed by atoms with van der Waals surface area (Å²) >= 11 is 1.73. The number of thiophene rings is 1. The van der Waals surface area contributed by atoms with Gasteiger partial charge in [-0.05, 0) is 36.6 Å². The van der Waals surface area contributed by atoms with E-state index in [0.717, 1.165) is 19.3 Å². The second-order valence-electron chi connectivity index (χ2n) is 5.10. The van der Waals surface area contributed by atoms with Crippen LogP contribution in [0, 0.1) is 5.92 Å². The summed E-state index contributed by atoms with van der Waals surface area (Å²) in [4.78, 5) is 13.5. The zero-order valence-corrected chi connectivity index (χ0v) is 11.9. The number of ketones is 1. The van der Waals surface area contributed by atoms with Crippen LogP contribution in [0.15, 0.2) is 17.5 Å². The molecule has 1 heterocycles. The Bertz CT molecular complexity index is 353. The van der Waals surface area contributed by atoms with Crippen molar-refractivity contribution in [1.82, 2.24) is 0 Å². The number of carbonyl (C=O) groups is 1. The average molecular weight is 266 g/mol. The lowest BCUT2D eigenvalue weighted by atomic mass is 9.83. The molecule has 1 aromatic heterocycles. The molecule has 0 aliphatic heterocycles. The maximum atomic E-state index is 12.2. The van der Waals surface area contributed by atoms with Gasteiger partial charge in [0.15, 0.2) is 5.78 Å². The lowest BCUT2D eigenvalue weighted by molar-refractivity contribution is -0.132. The number of ether oxygens (including phenoxy) is 1. The molecule has 0 amide bonds. The van der Waals surface area contributed by atoms with Gasteiger partial charge in [-0.25, -0.2) is 0 Å². The third-order valence-corrected chi connectivity index (χ3v) is 4.78. The van der Waals surface area contributed by atoms with Crippen molar-refractivity contribution >= 4 is 17.1 Å². The van der Waals surface area contributed by atoms with Gasteiger partial charge in [-0.3, -0.25) is 4.79 Å². The summed E-state index contributed by atoms with van der Waals surface area (Å²) in [6.45, 7) is 0. The molecule has 0 bridgehead atoms. The number of methoxy groups -OCH3 is 1. The van der Waals surface area contributed by atoms with Gasteiger partial charge >= 0.3 is 0 Å². The van der Waals surface area contributed by atoms with Gasteiger partial charge in [-0.15, -0.1) is 11.3 Å². The van der Waals surface area contributed by atoms with E-state index in [4.69, 9.17) is 4.74 Å². The van der Waals surface area contributed by atoms with E-state index >= 15 is 0 Å². The van der Waals surface area contributed by atoms with E-state index in [9.17, 15) is 4.79 Å². The van der Waals surface area contributed by atoms with Crippen molar-refractivity contribution in [3.05, 3.63) is 22.4 Å². The zero-order chi connectivity index (χ0) is 12.8. The minimum absolute atomic E-state index is 0.162. The summed E-state index contributed by atoms with van der Waals surface area (Å²) in [6, 6.07) is 4.14. The van der Waals surface area contributed by atoms with Gasteiger partial charge in [-0.2, -0.15) is 0 Å². The van der Waals surface area contributed by atoms with Gasteiger partial charge in [0, 0.05) is 18.4 Å². The van der Waals surface area contributed by atoms with E-state index in [2.05, 4.69) is 11.4 Å². The molecule has 1 aromatic rings. The summed E-state index contributed by atoms with van der Waals surface area (Å²) in [6.07, 6.45) is 7.46. The molecule has 3 heteroatoms. The van der Waals surface area contributed by atoms with Crippen LogP contribution in [-0.4, -0.2) is 19.0 Å². The molecule has 1 atom stereocenters. The monoisotopic (exact) mass is 266 g/mol. The van der Waals surface area contributed by atoms with Crippen molar-refractivity contribution < 1.29 is 9.53 Å². The van der Waals surface area contributed by atoms with E-state index in [1.54, 1.807) is 18.4 Å². The number of carbonyl (C=O) groups excluding carboxylic acids is 1. The fourth-order valence-corrected chi connectivity index (χ4v) is 3.58. The highest BCUT2D eigenvalue weighted by Crippen LogP contribution is 2.29. The van der Waals surface area contributed by atoms with Crippen LogP contribution < -0.4 is 0 Å². The van der Waals surface area contributed by atoms with Crippen LogP contribution in [0.3, 0.4) is 0 Å². The highest BCUT2D eigenvalue weighted by Gasteiger charge is 2.28. The largest absolute Gasteiger partial charge is 0.373 e. The van der Waals surface area contributed by atoms with Crippen LogP contribution in [0.1, 0.15) is 43.4 Å². The Hall–Kier alpha value is -0.670. The molecule has 2 rings (SSSR count). The molecule has 0 spiro atoms. The number of rotatable bonds is 6. The van der Waals surface area contributed by atoms with Crippen LogP contribution in [0.2, 0.25) is 0 Å². The lowest BCUT2D eigenvalue weighted by Gasteiger charge is -2.28. The van der Waals surface area contributed by atoms with E-state index in [-0.39, 0.29) is 11.9 Å². The first kappa shape index (κ1) is 13.8. The predicted molar refractivity (Wildman–Crippen MR) is 75.0 cm³/mol. The molecule has 1 unspecified atom stereocenters. The molecule has 1 aliphatic carbocycles. The smallest absolute Gasteiger partial charge is 0.162 e. The number of hydrogen-bond acceptors (Lipinski definition) is 3. The summed E-state index contributed by atoms with van der Waals surface area (Å²) in [5.74, 6) is 0.748. The SMILES string of the molecule is COC(C(=O)CCc1cccs1)C1CCCCC1. The number of hydrogen-bond donors (Lipinski definition) is 0. The summed E-state index contributed by atoms with van der Waals surface area (Å²) in [7, 11) is 1.68. The first-order valence-electron chi connectivity index (χ1n) is 6.89. The third-order valence-electron chi connectivity index (χ3n) is 3.85. The van der Waals surface area contributed by atoms with Crippen LogP contribution in [-0.2, 0) is 16.0 Å². The fourth-order valence-electron chi connectivity index (χ4n) is 2.87. The predicted octanol–water partition coefficient (Wildman–Crippen LogP) is 3.85. The van der Waals surface area contributed by atoms with Crippen molar-refractivity contribution in [3.63, 3.8) is 0 Å². The Morgan fingerprint density at radius 3 is 2.83 bits per heavy atom. The summed E-state index contributed by atoms with van der Waals surface area (Å²) < 4.78 is 5.48. The van der Waals surface area contributed by atoms with Crippen molar-refractivity contribution in [1.29, 1.82) is 0 Å². The number of aryl methyl sites for hydroxylation is 1. The van der Waals surface area contributed by atoms with E-state index in [1.807, 2.05) is 6.07 Å².